The van der Waals surface area contributed by atoms with Gasteiger partial charge in [0.2, 0.25) is 0 Å². The van der Waals surface area contributed by atoms with Crippen LogP contribution in [0.15, 0.2) is 59.5 Å². The van der Waals surface area contributed by atoms with Crippen LogP contribution in [-0.2, 0) is 11.0 Å². The first-order valence-electron chi connectivity index (χ1n) is 9.81. The minimum Gasteiger partial charge on any atom is -0.486 e. The maximum absolute atomic E-state index is 12.8. The predicted octanol–water partition coefficient (Wildman–Crippen LogP) is 6.70. The summed E-state index contributed by atoms with van der Waals surface area (Å²) in [7, 11) is 0. The van der Waals surface area contributed by atoms with Gasteiger partial charge in [-0.1, -0.05) is 18.2 Å². The smallest absolute Gasteiger partial charge is 0.416 e. The number of alkyl halides is 3. The van der Waals surface area contributed by atoms with Crippen molar-refractivity contribution in [1.29, 1.82) is 0 Å². The molecular weight excluding hydrogens is 439 g/mol. The SMILES string of the molecule is Cc1cc(OC(C)c2ccc(-c3ccc(C(F)(F)F)cc3)nc2C)ccc1SCC(=O)O. The summed E-state index contributed by atoms with van der Waals surface area (Å²) in [5.74, 6) is -0.222. The van der Waals surface area contributed by atoms with E-state index in [4.69, 9.17) is 9.84 Å². The minimum absolute atomic E-state index is 0.00636. The van der Waals surface area contributed by atoms with Crippen molar-refractivity contribution in [3.05, 3.63) is 77.0 Å². The van der Waals surface area contributed by atoms with E-state index in [1.54, 1.807) is 12.1 Å². The highest BCUT2D eigenvalue weighted by atomic mass is 32.2. The zero-order valence-electron chi connectivity index (χ0n) is 17.7. The molecule has 3 aromatic rings. The number of hydrogen-bond donors (Lipinski definition) is 1. The lowest BCUT2D eigenvalue weighted by Crippen LogP contribution is -2.07. The first-order valence-corrected chi connectivity index (χ1v) is 10.8. The molecule has 1 aromatic heterocycles. The maximum Gasteiger partial charge on any atom is 0.416 e. The summed E-state index contributed by atoms with van der Waals surface area (Å²) in [5, 5.41) is 8.83. The van der Waals surface area contributed by atoms with E-state index in [-0.39, 0.29) is 11.9 Å². The van der Waals surface area contributed by atoms with Gasteiger partial charge >= 0.3 is 12.1 Å². The summed E-state index contributed by atoms with van der Waals surface area (Å²) in [6.07, 6.45) is -4.68. The van der Waals surface area contributed by atoms with Crippen LogP contribution in [0.2, 0.25) is 0 Å². The van der Waals surface area contributed by atoms with Crippen molar-refractivity contribution in [2.45, 2.75) is 37.9 Å². The molecule has 0 fully saturated rings. The van der Waals surface area contributed by atoms with Crippen LogP contribution in [0.5, 0.6) is 5.75 Å². The fourth-order valence-electron chi connectivity index (χ4n) is 3.26. The second-order valence-electron chi connectivity index (χ2n) is 7.32. The molecule has 1 unspecified atom stereocenters. The molecule has 1 N–H and O–H groups in total. The van der Waals surface area contributed by atoms with Crippen molar-refractivity contribution in [3.8, 4) is 17.0 Å². The van der Waals surface area contributed by atoms with Crippen molar-refractivity contribution < 1.29 is 27.8 Å². The number of carboxylic acids is 1. The molecular formula is C24H22F3NO3S. The Kier molecular flexibility index (Phi) is 7.13. The molecule has 3 rings (SSSR count). The normalized spacial score (nSPS) is 12.4. The standard InChI is InChI=1S/C24H22F3NO3S/c1-14-12-19(8-11-22(14)32-13-23(29)30)31-16(3)20-9-10-21(28-15(20)2)17-4-6-18(7-5-17)24(25,26)27/h4-12,16H,13H2,1-3H3,(H,29,30). The number of aliphatic carboxylic acids is 1. The van der Waals surface area contributed by atoms with Crippen molar-refractivity contribution >= 4 is 17.7 Å². The molecule has 0 aliphatic rings. The Hall–Kier alpha value is -3.00. The monoisotopic (exact) mass is 461 g/mol. The fourth-order valence-corrected chi connectivity index (χ4v) is 3.99. The molecule has 0 bridgehead atoms. The molecule has 1 heterocycles. The van der Waals surface area contributed by atoms with Crippen molar-refractivity contribution in [3.63, 3.8) is 0 Å². The highest BCUT2D eigenvalue weighted by Crippen LogP contribution is 2.32. The topological polar surface area (TPSA) is 59.4 Å². The number of pyridine rings is 1. The Morgan fingerprint density at radius 1 is 1.09 bits per heavy atom. The molecule has 32 heavy (non-hydrogen) atoms. The molecule has 2 aromatic carbocycles. The van der Waals surface area contributed by atoms with Gasteiger partial charge in [-0.05, 0) is 62.7 Å². The van der Waals surface area contributed by atoms with E-state index in [2.05, 4.69) is 4.98 Å². The van der Waals surface area contributed by atoms with E-state index in [1.807, 2.05) is 39.0 Å². The minimum atomic E-state index is -4.37. The van der Waals surface area contributed by atoms with Gasteiger partial charge in [0.1, 0.15) is 11.9 Å². The molecule has 0 saturated carbocycles. The average molecular weight is 462 g/mol. The van der Waals surface area contributed by atoms with Gasteiger partial charge in [0.05, 0.1) is 17.0 Å². The summed E-state index contributed by atoms with van der Waals surface area (Å²) in [5.41, 5.74) is 3.00. The van der Waals surface area contributed by atoms with Gasteiger partial charge in [-0.3, -0.25) is 9.78 Å². The number of aryl methyl sites for hydroxylation is 2. The lowest BCUT2D eigenvalue weighted by Gasteiger charge is -2.18. The summed E-state index contributed by atoms with van der Waals surface area (Å²) < 4.78 is 44.4. The van der Waals surface area contributed by atoms with E-state index in [0.717, 1.165) is 33.8 Å². The first-order chi connectivity index (χ1) is 15.0. The van der Waals surface area contributed by atoms with Crippen molar-refractivity contribution in [1.82, 2.24) is 4.98 Å². The lowest BCUT2D eigenvalue weighted by molar-refractivity contribution is -0.137. The fraction of sp³-hybridized carbons (Fsp3) is 0.250. The third kappa shape index (κ3) is 5.82. The Balaban J connectivity index is 1.73. The highest BCUT2D eigenvalue weighted by Gasteiger charge is 2.30. The second-order valence-corrected chi connectivity index (χ2v) is 8.33. The Morgan fingerprint density at radius 3 is 2.34 bits per heavy atom. The number of aromatic nitrogens is 1. The van der Waals surface area contributed by atoms with Crippen LogP contribution in [0.4, 0.5) is 13.2 Å². The molecule has 0 saturated heterocycles. The molecule has 0 amide bonds. The highest BCUT2D eigenvalue weighted by molar-refractivity contribution is 8.00. The quantitative estimate of drug-likeness (QED) is 0.397. The lowest BCUT2D eigenvalue weighted by atomic mass is 10.0. The first kappa shape index (κ1) is 23.7. The van der Waals surface area contributed by atoms with E-state index in [1.165, 1.54) is 23.9 Å². The Bertz CT molecular complexity index is 1110. The van der Waals surface area contributed by atoms with Gasteiger partial charge in [-0.15, -0.1) is 11.8 Å². The molecule has 0 aliphatic carbocycles. The van der Waals surface area contributed by atoms with Gasteiger partial charge in [-0.2, -0.15) is 13.2 Å². The number of carboxylic acid groups (broad SMARTS) is 1. The van der Waals surface area contributed by atoms with Gasteiger partial charge in [-0.25, -0.2) is 0 Å². The molecule has 0 radical (unpaired) electrons. The number of thioether (sulfide) groups is 1. The third-order valence-electron chi connectivity index (χ3n) is 4.88. The molecule has 4 nitrogen and oxygen atoms in total. The number of rotatable bonds is 7. The summed E-state index contributed by atoms with van der Waals surface area (Å²) >= 11 is 1.26. The largest absolute Gasteiger partial charge is 0.486 e. The number of benzene rings is 2. The zero-order chi connectivity index (χ0) is 23.5. The van der Waals surface area contributed by atoms with Gasteiger partial charge in [0, 0.05) is 21.7 Å². The van der Waals surface area contributed by atoms with Crippen LogP contribution in [0.1, 0.15) is 35.4 Å². The molecule has 0 spiro atoms. The van der Waals surface area contributed by atoms with Gasteiger partial charge in [0.15, 0.2) is 0 Å². The second kappa shape index (κ2) is 9.65. The van der Waals surface area contributed by atoms with Crippen molar-refractivity contribution in [2.24, 2.45) is 0 Å². The van der Waals surface area contributed by atoms with Crippen LogP contribution in [0.3, 0.4) is 0 Å². The van der Waals surface area contributed by atoms with Gasteiger partial charge in [0.25, 0.3) is 0 Å². The Labute approximate surface area is 188 Å². The molecule has 1 atom stereocenters. The number of hydrogen-bond acceptors (Lipinski definition) is 4. The van der Waals surface area contributed by atoms with Crippen molar-refractivity contribution in [2.75, 3.05) is 5.75 Å². The zero-order valence-corrected chi connectivity index (χ0v) is 18.6. The van der Waals surface area contributed by atoms with Crippen LogP contribution >= 0.6 is 11.8 Å². The average Bonchev–Trinajstić information content (AvgIpc) is 2.72. The maximum atomic E-state index is 12.8. The molecule has 8 heteroatoms. The third-order valence-corrected chi connectivity index (χ3v) is 6.04. The van der Waals surface area contributed by atoms with E-state index < -0.39 is 17.7 Å². The predicted molar refractivity (Wildman–Crippen MR) is 118 cm³/mol. The molecule has 168 valence electrons. The summed E-state index contributed by atoms with van der Waals surface area (Å²) in [6, 6.07) is 14.1. The van der Waals surface area contributed by atoms with Crippen LogP contribution in [-0.4, -0.2) is 21.8 Å². The van der Waals surface area contributed by atoms with Crippen LogP contribution in [0.25, 0.3) is 11.3 Å². The van der Waals surface area contributed by atoms with E-state index >= 15 is 0 Å². The van der Waals surface area contributed by atoms with E-state index in [9.17, 15) is 18.0 Å². The van der Waals surface area contributed by atoms with Gasteiger partial charge < -0.3 is 9.84 Å². The van der Waals surface area contributed by atoms with E-state index in [0.29, 0.717) is 17.0 Å². The summed E-state index contributed by atoms with van der Waals surface area (Å²) in [6.45, 7) is 5.62. The Morgan fingerprint density at radius 2 is 1.78 bits per heavy atom. The number of ether oxygens (including phenoxy) is 1. The van der Waals surface area contributed by atoms with Crippen LogP contribution in [0, 0.1) is 13.8 Å². The molecule has 0 aliphatic heterocycles. The number of carbonyl (C=O) groups is 1. The number of nitrogens with zero attached hydrogens (tertiary/aromatic N) is 1. The summed E-state index contributed by atoms with van der Waals surface area (Å²) in [4.78, 5) is 16.2. The number of halogens is 3. The van der Waals surface area contributed by atoms with Crippen LogP contribution < -0.4 is 4.74 Å².